The lowest BCUT2D eigenvalue weighted by atomic mass is 10.1. The van der Waals surface area contributed by atoms with Gasteiger partial charge < -0.3 is 0 Å². The molecular formula is C19H13FN4OS2. The molecule has 0 saturated carbocycles. The van der Waals surface area contributed by atoms with Gasteiger partial charge in [-0.1, -0.05) is 42.2 Å². The Hall–Kier alpha value is -2.84. The molecule has 0 unspecified atom stereocenters. The van der Waals surface area contributed by atoms with Crippen LogP contribution in [0.25, 0.3) is 16.9 Å². The van der Waals surface area contributed by atoms with Crippen LogP contribution in [-0.2, 0) is 4.79 Å². The Kier molecular flexibility index (Phi) is 4.83. The number of halogens is 1. The summed E-state index contributed by atoms with van der Waals surface area (Å²) in [6.07, 6.45) is 3.37. The lowest BCUT2D eigenvalue weighted by Crippen LogP contribution is -2.22. The molecule has 0 radical (unpaired) electrons. The highest BCUT2D eigenvalue weighted by atomic mass is 32.2. The zero-order valence-corrected chi connectivity index (χ0v) is 15.6. The van der Waals surface area contributed by atoms with Crippen LogP contribution in [0.3, 0.4) is 0 Å². The molecule has 0 spiro atoms. The van der Waals surface area contributed by atoms with Crippen molar-refractivity contribution in [2.24, 2.45) is 5.10 Å². The first-order chi connectivity index (χ1) is 13.1. The van der Waals surface area contributed by atoms with Crippen molar-refractivity contribution >= 4 is 40.4 Å². The van der Waals surface area contributed by atoms with Crippen molar-refractivity contribution in [3.8, 4) is 16.9 Å². The zero-order valence-electron chi connectivity index (χ0n) is 13.9. The number of aromatic nitrogens is 2. The standard InChI is InChI=1S/C19H13FN4OS2/c20-15-8-6-13(7-9-15)18-14(10-21-24-17(25)12-27-19(24)26)11-23(22-18)16-4-2-1-3-5-16/h1-11H,12H2/b21-10+. The van der Waals surface area contributed by atoms with E-state index >= 15 is 0 Å². The van der Waals surface area contributed by atoms with E-state index in [9.17, 15) is 9.18 Å². The monoisotopic (exact) mass is 396 g/mol. The summed E-state index contributed by atoms with van der Waals surface area (Å²) >= 11 is 6.43. The fourth-order valence-electron chi connectivity index (χ4n) is 2.61. The van der Waals surface area contributed by atoms with Crippen molar-refractivity contribution in [1.29, 1.82) is 0 Å². The second kappa shape index (κ2) is 7.42. The zero-order chi connectivity index (χ0) is 18.8. The van der Waals surface area contributed by atoms with Crippen LogP contribution >= 0.6 is 24.0 Å². The molecule has 2 heterocycles. The Bertz CT molecular complexity index is 1020. The number of thiocarbonyl (C=S) groups is 1. The van der Waals surface area contributed by atoms with E-state index in [0.29, 0.717) is 21.3 Å². The maximum atomic E-state index is 13.3. The molecule has 0 bridgehead atoms. The molecule has 1 fully saturated rings. The van der Waals surface area contributed by atoms with Crippen LogP contribution in [0.1, 0.15) is 5.56 Å². The number of para-hydroxylation sites is 1. The minimum atomic E-state index is -0.318. The van der Waals surface area contributed by atoms with Gasteiger partial charge in [-0.25, -0.2) is 9.07 Å². The molecule has 5 nitrogen and oxygen atoms in total. The fraction of sp³-hybridized carbons (Fsp3) is 0.0526. The minimum Gasteiger partial charge on any atom is -0.272 e. The van der Waals surface area contributed by atoms with E-state index in [1.165, 1.54) is 28.9 Å². The van der Waals surface area contributed by atoms with Gasteiger partial charge >= 0.3 is 0 Å². The predicted octanol–water partition coefficient (Wildman–Crippen LogP) is 3.87. The van der Waals surface area contributed by atoms with Crippen molar-refractivity contribution in [3.05, 3.63) is 72.2 Å². The summed E-state index contributed by atoms with van der Waals surface area (Å²) in [4.78, 5) is 11.9. The molecule has 0 aliphatic carbocycles. The summed E-state index contributed by atoms with van der Waals surface area (Å²) in [6.45, 7) is 0. The molecule has 0 N–H and O–H groups in total. The third-order valence-electron chi connectivity index (χ3n) is 3.92. The first kappa shape index (κ1) is 17.6. The van der Waals surface area contributed by atoms with E-state index in [2.05, 4.69) is 10.2 Å². The average molecular weight is 396 g/mol. The minimum absolute atomic E-state index is 0.153. The topological polar surface area (TPSA) is 50.5 Å². The molecule has 2 aromatic carbocycles. The number of rotatable bonds is 4. The molecule has 4 rings (SSSR count). The van der Waals surface area contributed by atoms with Gasteiger partial charge in [0.05, 0.1) is 17.7 Å². The summed E-state index contributed by atoms with van der Waals surface area (Å²) in [5.74, 6) is -0.175. The summed E-state index contributed by atoms with van der Waals surface area (Å²) in [7, 11) is 0. The number of hydrazone groups is 1. The van der Waals surface area contributed by atoms with Gasteiger partial charge in [-0.05, 0) is 36.4 Å². The molecule has 8 heteroatoms. The molecule has 0 atom stereocenters. The maximum absolute atomic E-state index is 13.3. The Labute approximate surface area is 164 Å². The van der Waals surface area contributed by atoms with Crippen molar-refractivity contribution in [2.75, 3.05) is 5.75 Å². The molecule has 1 aromatic heterocycles. The van der Waals surface area contributed by atoms with Gasteiger partial charge in [0.1, 0.15) is 11.5 Å². The normalized spacial score (nSPS) is 14.5. The maximum Gasteiger partial charge on any atom is 0.259 e. The lowest BCUT2D eigenvalue weighted by Gasteiger charge is -2.06. The smallest absolute Gasteiger partial charge is 0.259 e. The number of nitrogens with zero attached hydrogens (tertiary/aromatic N) is 4. The molecular weight excluding hydrogens is 383 g/mol. The number of carbonyl (C=O) groups excluding carboxylic acids is 1. The second-order valence-corrected chi connectivity index (χ2v) is 7.33. The molecule has 134 valence electrons. The van der Waals surface area contributed by atoms with E-state index in [-0.39, 0.29) is 11.7 Å². The van der Waals surface area contributed by atoms with Crippen LogP contribution in [0.2, 0.25) is 0 Å². The van der Waals surface area contributed by atoms with E-state index in [1.54, 1.807) is 23.0 Å². The Morgan fingerprint density at radius 1 is 1.15 bits per heavy atom. The molecule has 1 aliphatic heterocycles. The van der Waals surface area contributed by atoms with Crippen LogP contribution in [0, 0.1) is 5.82 Å². The summed E-state index contributed by atoms with van der Waals surface area (Å²) in [6, 6.07) is 15.7. The van der Waals surface area contributed by atoms with E-state index in [0.717, 1.165) is 11.3 Å². The highest BCUT2D eigenvalue weighted by Crippen LogP contribution is 2.24. The molecule has 1 saturated heterocycles. The molecule has 27 heavy (non-hydrogen) atoms. The summed E-state index contributed by atoms with van der Waals surface area (Å²) < 4.78 is 15.4. The summed E-state index contributed by atoms with van der Waals surface area (Å²) in [5, 5.41) is 10.1. The van der Waals surface area contributed by atoms with Gasteiger partial charge in [-0.15, -0.1) is 0 Å². The summed E-state index contributed by atoms with van der Waals surface area (Å²) in [5.41, 5.74) is 2.95. The van der Waals surface area contributed by atoms with Gasteiger partial charge in [0.15, 0.2) is 4.32 Å². The predicted molar refractivity (Wildman–Crippen MR) is 108 cm³/mol. The van der Waals surface area contributed by atoms with Gasteiger partial charge in [0.25, 0.3) is 5.91 Å². The molecule has 1 amide bonds. The molecule has 1 aliphatic rings. The largest absolute Gasteiger partial charge is 0.272 e. The number of benzene rings is 2. The van der Waals surface area contributed by atoms with Crippen LogP contribution < -0.4 is 0 Å². The quantitative estimate of drug-likeness (QED) is 0.496. The number of carbonyl (C=O) groups is 1. The van der Waals surface area contributed by atoms with E-state index in [1.807, 2.05) is 36.5 Å². The SMILES string of the molecule is O=C1CSC(=S)N1/N=C/c1cn(-c2ccccc2)nc1-c1ccc(F)cc1. The number of hydrogen-bond donors (Lipinski definition) is 0. The van der Waals surface area contributed by atoms with Crippen molar-refractivity contribution in [3.63, 3.8) is 0 Å². The van der Waals surface area contributed by atoms with E-state index in [4.69, 9.17) is 12.2 Å². The van der Waals surface area contributed by atoms with Crippen molar-refractivity contribution in [2.45, 2.75) is 0 Å². The van der Waals surface area contributed by atoms with E-state index < -0.39 is 0 Å². The second-order valence-electron chi connectivity index (χ2n) is 5.72. The average Bonchev–Trinajstić information content (AvgIpc) is 3.25. The van der Waals surface area contributed by atoms with Gasteiger partial charge in [0, 0.05) is 17.3 Å². The van der Waals surface area contributed by atoms with Crippen LogP contribution in [-0.4, -0.2) is 37.0 Å². The Balaban J connectivity index is 1.76. The van der Waals surface area contributed by atoms with Crippen LogP contribution in [0.4, 0.5) is 4.39 Å². The third kappa shape index (κ3) is 3.67. The fourth-order valence-corrected chi connectivity index (χ4v) is 3.57. The van der Waals surface area contributed by atoms with Crippen LogP contribution in [0.15, 0.2) is 65.9 Å². The first-order valence-electron chi connectivity index (χ1n) is 8.06. The number of hydrogen-bond acceptors (Lipinski definition) is 5. The number of thioether (sulfide) groups is 1. The Morgan fingerprint density at radius 2 is 1.89 bits per heavy atom. The molecule has 3 aromatic rings. The van der Waals surface area contributed by atoms with Crippen molar-refractivity contribution in [1.82, 2.24) is 14.8 Å². The van der Waals surface area contributed by atoms with Crippen LogP contribution in [0.5, 0.6) is 0 Å². The first-order valence-corrected chi connectivity index (χ1v) is 9.46. The lowest BCUT2D eigenvalue weighted by molar-refractivity contribution is -0.123. The Morgan fingerprint density at radius 3 is 2.56 bits per heavy atom. The van der Waals surface area contributed by atoms with Crippen molar-refractivity contribution < 1.29 is 9.18 Å². The third-order valence-corrected chi connectivity index (χ3v) is 5.26. The highest BCUT2D eigenvalue weighted by Gasteiger charge is 2.26. The van der Waals surface area contributed by atoms with Gasteiger partial charge in [-0.3, -0.25) is 4.79 Å². The highest BCUT2D eigenvalue weighted by molar-refractivity contribution is 8.23. The van der Waals surface area contributed by atoms with Gasteiger partial charge in [-0.2, -0.15) is 15.2 Å². The number of amides is 1. The van der Waals surface area contributed by atoms with Gasteiger partial charge in [0.2, 0.25) is 0 Å².